The first kappa shape index (κ1) is 16.2. The van der Waals surface area contributed by atoms with Crippen LogP contribution in [0.25, 0.3) is 0 Å². The second-order valence-electron chi connectivity index (χ2n) is 5.35. The van der Waals surface area contributed by atoms with E-state index in [4.69, 9.17) is 4.74 Å². The summed E-state index contributed by atoms with van der Waals surface area (Å²) in [5.74, 6) is 7.43. The Morgan fingerprint density at radius 1 is 0.727 bits per heavy atom. The molecular weight excluding hydrogens is 268 g/mol. The maximum atomic E-state index is 5.44. The Morgan fingerprint density at radius 2 is 1.23 bits per heavy atom. The lowest BCUT2D eigenvalue weighted by Crippen LogP contribution is -1.91. The Balaban J connectivity index is 1.83. The van der Waals surface area contributed by atoms with E-state index in [1.54, 1.807) is 0 Å². The molecule has 2 rings (SSSR count). The molecule has 0 aromatic heterocycles. The maximum absolute atomic E-state index is 5.44. The average molecular weight is 292 g/mol. The molecule has 0 aliphatic heterocycles. The molecule has 22 heavy (non-hydrogen) atoms. The van der Waals surface area contributed by atoms with E-state index in [1.165, 1.54) is 23.1 Å². The lowest BCUT2D eigenvalue weighted by molar-refractivity contribution is 0.340. The second kappa shape index (κ2) is 8.95. The SMILES string of the molecule is CCCc1ccc(CC#CCc2ccc(OCC)cc2)cc1. The predicted octanol–water partition coefficient (Wildman–Crippen LogP) is 4.83. The van der Waals surface area contributed by atoms with Gasteiger partial charge in [0.2, 0.25) is 0 Å². The van der Waals surface area contributed by atoms with Gasteiger partial charge in [-0.3, -0.25) is 0 Å². The van der Waals surface area contributed by atoms with E-state index in [1.807, 2.05) is 19.1 Å². The molecule has 0 bridgehead atoms. The third-order valence-electron chi connectivity index (χ3n) is 3.51. The Labute approximate surface area is 134 Å². The van der Waals surface area contributed by atoms with Crippen molar-refractivity contribution in [3.05, 3.63) is 65.2 Å². The van der Waals surface area contributed by atoms with Gasteiger partial charge in [-0.25, -0.2) is 0 Å². The van der Waals surface area contributed by atoms with Gasteiger partial charge in [-0.05, 0) is 42.2 Å². The van der Waals surface area contributed by atoms with E-state index in [0.717, 1.165) is 25.0 Å². The molecule has 0 N–H and O–H groups in total. The fourth-order valence-electron chi connectivity index (χ4n) is 2.31. The summed E-state index contributed by atoms with van der Waals surface area (Å²) in [4.78, 5) is 0. The zero-order valence-corrected chi connectivity index (χ0v) is 13.6. The minimum absolute atomic E-state index is 0.705. The Hall–Kier alpha value is -2.20. The lowest BCUT2D eigenvalue weighted by Gasteiger charge is -2.02. The van der Waals surface area contributed by atoms with Crippen molar-refractivity contribution in [3.63, 3.8) is 0 Å². The molecule has 0 amide bonds. The van der Waals surface area contributed by atoms with E-state index >= 15 is 0 Å². The smallest absolute Gasteiger partial charge is 0.119 e. The standard InChI is InChI=1S/C21H24O/c1-3-7-18-10-12-19(13-11-18)8-5-6-9-20-14-16-21(17-15-20)22-4-2/h10-17H,3-4,7-9H2,1-2H3. The Kier molecular flexibility index (Phi) is 6.58. The third kappa shape index (κ3) is 5.30. The summed E-state index contributed by atoms with van der Waals surface area (Å²) in [7, 11) is 0. The van der Waals surface area contributed by atoms with Crippen molar-refractivity contribution in [3.8, 4) is 17.6 Å². The van der Waals surface area contributed by atoms with Gasteiger partial charge in [0.05, 0.1) is 6.61 Å². The topological polar surface area (TPSA) is 9.23 Å². The van der Waals surface area contributed by atoms with Crippen molar-refractivity contribution in [2.45, 2.75) is 39.5 Å². The van der Waals surface area contributed by atoms with Gasteiger partial charge < -0.3 is 4.74 Å². The van der Waals surface area contributed by atoms with Crippen molar-refractivity contribution in [1.82, 2.24) is 0 Å². The number of hydrogen-bond donors (Lipinski definition) is 0. The number of benzene rings is 2. The third-order valence-corrected chi connectivity index (χ3v) is 3.51. The highest BCUT2D eigenvalue weighted by Crippen LogP contribution is 2.12. The zero-order valence-electron chi connectivity index (χ0n) is 13.6. The van der Waals surface area contributed by atoms with E-state index < -0.39 is 0 Å². The van der Waals surface area contributed by atoms with Gasteiger partial charge in [-0.15, -0.1) is 0 Å². The summed E-state index contributed by atoms with van der Waals surface area (Å²) in [6.07, 6.45) is 3.97. The van der Waals surface area contributed by atoms with Crippen molar-refractivity contribution < 1.29 is 4.74 Å². The summed E-state index contributed by atoms with van der Waals surface area (Å²) in [6.45, 7) is 4.91. The highest BCUT2D eigenvalue weighted by Gasteiger charge is 1.94. The minimum atomic E-state index is 0.705. The Morgan fingerprint density at radius 3 is 1.73 bits per heavy atom. The van der Waals surface area contributed by atoms with Crippen LogP contribution in [-0.4, -0.2) is 6.61 Å². The molecule has 2 aromatic carbocycles. The summed E-state index contributed by atoms with van der Waals surface area (Å²) in [6, 6.07) is 17.0. The average Bonchev–Trinajstić information content (AvgIpc) is 2.55. The molecule has 0 atom stereocenters. The number of aryl methyl sites for hydroxylation is 1. The summed E-state index contributed by atoms with van der Waals surface area (Å²) < 4.78 is 5.44. The minimum Gasteiger partial charge on any atom is -0.494 e. The molecule has 1 heteroatoms. The number of hydrogen-bond acceptors (Lipinski definition) is 1. The van der Waals surface area contributed by atoms with Gasteiger partial charge >= 0.3 is 0 Å². The van der Waals surface area contributed by atoms with Crippen LogP contribution in [0.3, 0.4) is 0 Å². The van der Waals surface area contributed by atoms with Gasteiger partial charge in [0.1, 0.15) is 5.75 Å². The molecule has 0 aliphatic rings. The van der Waals surface area contributed by atoms with Crippen molar-refractivity contribution in [2.75, 3.05) is 6.61 Å². The first-order chi connectivity index (χ1) is 10.8. The number of ether oxygens (including phenoxy) is 1. The predicted molar refractivity (Wildman–Crippen MR) is 93.2 cm³/mol. The fourth-order valence-corrected chi connectivity index (χ4v) is 2.31. The van der Waals surface area contributed by atoms with Crippen LogP contribution in [0, 0.1) is 11.8 Å². The van der Waals surface area contributed by atoms with Crippen LogP contribution in [0.5, 0.6) is 5.75 Å². The van der Waals surface area contributed by atoms with E-state index in [2.05, 4.69) is 55.2 Å². The van der Waals surface area contributed by atoms with E-state index in [-0.39, 0.29) is 0 Å². The van der Waals surface area contributed by atoms with E-state index in [0.29, 0.717) is 6.61 Å². The molecule has 2 aromatic rings. The van der Waals surface area contributed by atoms with Crippen LogP contribution in [-0.2, 0) is 19.3 Å². The van der Waals surface area contributed by atoms with Gasteiger partial charge in [0, 0.05) is 12.8 Å². The van der Waals surface area contributed by atoms with Gasteiger partial charge in [0.15, 0.2) is 0 Å². The molecular formula is C21H24O. The van der Waals surface area contributed by atoms with Crippen LogP contribution in [0.4, 0.5) is 0 Å². The maximum Gasteiger partial charge on any atom is 0.119 e. The first-order valence-electron chi connectivity index (χ1n) is 8.07. The normalized spacial score (nSPS) is 9.91. The second-order valence-corrected chi connectivity index (χ2v) is 5.35. The van der Waals surface area contributed by atoms with Gasteiger partial charge in [-0.1, -0.05) is 61.6 Å². The summed E-state index contributed by atoms with van der Waals surface area (Å²) >= 11 is 0. The Bertz CT molecular complexity index is 556. The highest BCUT2D eigenvalue weighted by atomic mass is 16.5. The molecule has 0 saturated heterocycles. The molecule has 0 heterocycles. The fraction of sp³-hybridized carbons (Fsp3) is 0.333. The van der Waals surface area contributed by atoms with Crippen LogP contribution in [0.1, 0.15) is 37.0 Å². The van der Waals surface area contributed by atoms with Crippen molar-refractivity contribution in [2.24, 2.45) is 0 Å². The zero-order chi connectivity index (χ0) is 15.6. The molecule has 0 saturated carbocycles. The largest absolute Gasteiger partial charge is 0.494 e. The molecule has 0 fully saturated rings. The van der Waals surface area contributed by atoms with Crippen molar-refractivity contribution >= 4 is 0 Å². The first-order valence-corrected chi connectivity index (χ1v) is 8.07. The highest BCUT2D eigenvalue weighted by molar-refractivity contribution is 5.31. The van der Waals surface area contributed by atoms with Crippen LogP contribution < -0.4 is 4.74 Å². The molecule has 0 spiro atoms. The quantitative estimate of drug-likeness (QED) is 0.693. The van der Waals surface area contributed by atoms with Crippen LogP contribution >= 0.6 is 0 Å². The molecule has 0 unspecified atom stereocenters. The van der Waals surface area contributed by atoms with Gasteiger partial charge in [-0.2, -0.15) is 0 Å². The number of rotatable bonds is 6. The van der Waals surface area contributed by atoms with Gasteiger partial charge in [0.25, 0.3) is 0 Å². The summed E-state index contributed by atoms with van der Waals surface area (Å²) in [5.41, 5.74) is 3.93. The van der Waals surface area contributed by atoms with Crippen LogP contribution in [0.15, 0.2) is 48.5 Å². The monoisotopic (exact) mass is 292 g/mol. The van der Waals surface area contributed by atoms with Crippen molar-refractivity contribution in [1.29, 1.82) is 0 Å². The summed E-state index contributed by atoms with van der Waals surface area (Å²) in [5, 5.41) is 0. The lowest BCUT2D eigenvalue weighted by atomic mass is 10.1. The molecule has 0 radical (unpaired) electrons. The van der Waals surface area contributed by atoms with E-state index in [9.17, 15) is 0 Å². The molecule has 1 nitrogen and oxygen atoms in total. The molecule has 114 valence electrons. The van der Waals surface area contributed by atoms with Crippen LogP contribution in [0.2, 0.25) is 0 Å². The molecule has 0 aliphatic carbocycles.